The van der Waals surface area contributed by atoms with E-state index in [1.807, 2.05) is 23.1 Å². The lowest BCUT2D eigenvalue weighted by Gasteiger charge is -2.38. The van der Waals surface area contributed by atoms with Crippen LogP contribution in [0.1, 0.15) is 32.6 Å². The average Bonchev–Trinajstić information content (AvgIpc) is 3.24. The van der Waals surface area contributed by atoms with Crippen LogP contribution in [0.2, 0.25) is 0 Å². The maximum absolute atomic E-state index is 13.1. The Morgan fingerprint density at radius 3 is 2.44 bits per heavy atom. The maximum atomic E-state index is 13.1. The molecule has 4 rings (SSSR count). The highest BCUT2D eigenvalue weighted by molar-refractivity contribution is 6.04. The van der Waals surface area contributed by atoms with Crippen LogP contribution in [0.25, 0.3) is 10.8 Å². The number of hydrogen-bond donors (Lipinski definition) is 0. The molecule has 1 amide bonds. The number of likely N-dealkylation sites (N-methyl/N-ethyl adjacent to an activating group) is 1. The van der Waals surface area contributed by atoms with Gasteiger partial charge in [0.1, 0.15) is 0 Å². The van der Waals surface area contributed by atoms with E-state index in [4.69, 9.17) is 0 Å². The topological polar surface area (TPSA) is 26.8 Å². The molecule has 2 aromatic rings. The summed E-state index contributed by atoms with van der Waals surface area (Å²) >= 11 is 0. The number of piperazine rings is 1. The second kappa shape index (κ2) is 8.41. The molecule has 1 saturated heterocycles. The SMILES string of the molecule is CCN(C(=O)CN1CCN(C2CCCC2)CC1)c1cccc2ccccc12. The standard InChI is InChI=1S/C23H31N3O/c1-2-26(22-13-7-9-19-8-3-6-12-21(19)22)23(27)18-24-14-16-25(17-15-24)20-10-4-5-11-20/h3,6-9,12-13,20H,2,4-5,10-11,14-18H2,1H3. The fraction of sp³-hybridized carbons (Fsp3) is 0.522. The highest BCUT2D eigenvalue weighted by Gasteiger charge is 2.27. The smallest absolute Gasteiger partial charge is 0.241 e. The number of carbonyl (C=O) groups is 1. The number of anilines is 1. The van der Waals surface area contributed by atoms with E-state index >= 15 is 0 Å². The highest BCUT2D eigenvalue weighted by atomic mass is 16.2. The molecular weight excluding hydrogens is 334 g/mol. The van der Waals surface area contributed by atoms with Gasteiger partial charge in [0.05, 0.1) is 12.2 Å². The van der Waals surface area contributed by atoms with Gasteiger partial charge in [0.2, 0.25) is 5.91 Å². The molecule has 0 bridgehead atoms. The van der Waals surface area contributed by atoms with Crippen LogP contribution in [-0.2, 0) is 4.79 Å². The van der Waals surface area contributed by atoms with E-state index in [1.54, 1.807) is 0 Å². The largest absolute Gasteiger partial charge is 0.311 e. The Morgan fingerprint density at radius 1 is 1.00 bits per heavy atom. The molecule has 1 aliphatic heterocycles. The van der Waals surface area contributed by atoms with Crippen molar-refractivity contribution in [1.29, 1.82) is 0 Å². The molecule has 2 fully saturated rings. The summed E-state index contributed by atoms with van der Waals surface area (Å²) in [5.74, 6) is 0.211. The van der Waals surface area contributed by atoms with Gasteiger partial charge >= 0.3 is 0 Å². The molecule has 4 heteroatoms. The summed E-state index contributed by atoms with van der Waals surface area (Å²) in [5.41, 5.74) is 1.03. The zero-order chi connectivity index (χ0) is 18.6. The quantitative estimate of drug-likeness (QED) is 0.807. The van der Waals surface area contributed by atoms with Crippen LogP contribution in [0.3, 0.4) is 0 Å². The molecule has 0 spiro atoms. The predicted molar refractivity (Wildman–Crippen MR) is 112 cm³/mol. The van der Waals surface area contributed by atoms with Crippen molar-refractivity contribution in [3.05, 3.63) is 42.5 Å². The first-order chi connectivity index (χ1) is 13.3. The van der Waals surface area contributed by atoms with Gasteiger partial charge in [-0.2, -0.15) is 0 Å². The zero-order valence-electron chi connectivity index (χ0n) is 16.4. The van der Waals surface area contributed by atoms with Gasteiger partial charge in [0, 0.05) is 44.2 Å². The lowest BCUT2D eigenvalue weighted by atomic mass is 10.1. The first-order valence-corrected chi connectivity index (χ1v) is 10.5. The average molecular weight is 366 g/mol. The monoisotopic (exact) mass is 365 g/mol. The molecule has 0 N–H and O–H groups in total. The molecule has 0 atom stereocenters. The van der Waals surface area contributed by atoms with Crippen LogP contribution < -0.4 is 4.90 Å². The Hall–Kier alpha value is -1.91. The molecule has 0 unspecified atom stereocenters. The van der Waals surface area contributed by atoms with E-state index in [0.29, 0.717) is 13.1 Å². The van der Waals surface area contributed by atoms with Crippen molar-refractivity contribution in [2.75, 3.05) is 44.2 Å². The van der Waals surface area contributed by atoms with Crippen molar-refractivity contribution in [3.63, 3.8) is 0 Å². The third-order valence-corrected chi connectivity index (χ3v) is 6.28. The first-order valence-electron chi connectivity index (χ1n) is 10.5. The summed E-state index contributed by atoms with van der Waals surface area (Å²) in [5, 5.41) is 2.34. The molecular formula is C23H31N3O. The summed E-state index contributed by atoms with van der Waals surface area (Å²) < 4.78 is 0. The minimum atomic E-state index is 0.211. The third kappa shape index (κ3) is 4.02. The van der Waals surface area contributed by atoms with Crippen molar-refractivity contribution in [1.82, 2.24) is 9.80 Å². The number of carbonyl (C=O) groups excluding carboxylic acids is 1. The zero-order valence-corrected chi connectivity index (χ0v) is 16.4. The van der Waals surface area contributed by atoms with Gasteiger partial charge in [-0.1, -0.05) is 49.2 Å². The molecule has 4 nitrogen and oxygen atoms in total. The molecule has 2 aliphatic rings. The number of rotatable bonds is 5. The summed E-state index contributed by atoms with van der Waals surface area (Å²) in [6.07, 6.45) is 5.51. The fourth-order valence-electron chi connectivity index (χ4n) is 4.76. The molecule has 1 aliphatic carbocycles. The Morgan fingerprint density at radius 2 is 1.70 bits per heavy atom. The van der Waals surface area contributed by atoms with Crippen molar-refractivity contribution >= 4 is 22.4 Å². The molecule has 0 radical (unpaired) electrons. The lowest BCUT2D eigenvalue weighted by Crippen LogP contribution is -2.52. The minimum absolute atomic E-state index is 0.211. The molecule has 0 aromatic heterocycles. The van der Waals surface area contributed by atoms with Gasteiger partial charge in [-0.15, -0.1) is 0 Å². The first kappa shape index (κ1) is 18.5. The van der Waals surface area contributed by atoms with E-state index in [9.17, 15) is 4.79 Å². The van der Waals surface area contributed by atoms with Crippen molar-refractivity contribution in [2.24, 2.45) is 0 Å². The van der Waals surface area contributed by atoms with Gasteiger partial charge < -0.3 is 4.90 Å². The van der Waals surface area contributed by atoms with Crippen LogP contribution in [0.15, 0.2) is 42.5 Å². The molecule has 1 heterocycles. The summed E-state index contributed by atoms with van der Waals surface area (Å²) in [6.45, 7) is 7.53. The number of benzene rings is 2. The Bertz CT molecular complexity index is 771. The van der Waals surface area contributed by atoms with Gasteiger partial charge in [-0.25, -0.2) is 0 Å². The van der Waals surface area contributed by atoms with Crippen LogP contribution in [0.5, 0.6) is 0 Å². The van der Waals surface area contributed by atoms with Gasteiger partial charge in [-0.3, -0.25) is 14.6 Å². The summed E-state index contributed by atoms with van der Waals surface area (Å²) in [6, 6.07) is 15.3. The lowest BCUT2D eigenvalue weighted by molar-refractivity contribution is -0.120. The van der Waals surface area contributed by atoms with Gasteiger partial charge in [0.25, 0.3) is 0 Å². The number of hydrogen-bond acceptors (Lipinski definition) is 3. The van der Waals surface area contributed by atoms with E-state index < -0.39 is 0 Å². The molecule has 144 valence electrons. The molecule has 2 aromatic carbocycles. The van der Waals surface area contributed by atoms with Gasteiger partial charge in [0.15, 0.2) is 0 Å². The maximum Gasteiger partial charge on any atom is 0.241 e. The Balaban J connectivity index is 1.41. The van der Waals surface area contributed by atoms with E-state index in [2.05, 4.69) is 41.0 Å². The Labute approximate surface area is 162 Å². The van der Waals surface area contributed by atoms with Crippen molar-refractivity contribution in [2.45, 2.75) is 38.6 Å². The fourth-order valence-corrected chi connectivity index (χ4v) is 4.76. The van der Waals surface area contributed by atoms with Crippen LogP contribution in [0.4, 0.5) is 5.69 Å². The number of fused-ring (bicyclic) bond motifs is 1. The van der Waals surface area contributed by atoms with Crippen molar-refractivity contribution < 1.29 is 4.79 Å². The van der Waals surface area contributed by atoms with Crippen LogP contribution >= 0.6 is 0 Å². The molecule has 27 heavy (non-hydrogen) atoms. The van der Waals surface area contributed by atoms with Crippen LogP contribution in [-0.4, -0.2) is 61.0 Å². The minimum Gasteiger partial charge on any atom is -0.311 e. The van der Waals surface area contributed by atoms with Crippen molar-refractivity contribution in [3.8, 4) is 0 Å². The number of amides is 1. The summed E-state index contributed by atoms with van der Waals surface area (Å²) in [7, 11) is 0. The third-order valence-electron chi connectivity index (χ3n) is 6.28. The predicted octanol–water partition coefficient (Wildman–Crippen LogP) is 3.75. The van der Waals surface area contributed by atoms with E-state index in [-0.39, 0.29) is 5.91 Å². The van der Waals surface area contributed by atoms with Gasteiger partial charge in [-0.05, 0) is 31.2 Å². The van der Waals surface area contributed by atoms with E-state index in [1.165, 1.54) is 31.1 Å². The van der Waals surface area contributed by atoms with Crippen LogP contribution in [0, 0.1) is 0 Å². The normalized spacial score (nSPS) is 19.6. The number of nitrogens with zero attached hydrogens (tertiary/aromatic N) is 3. The van der Waals surface area contributed by atoms with E-state index in [0.717, 1.165) is 43.3 Å². The summed E-state index contributed by atoms with van der Waals surface area (Å²) in [4.78, 5) is 20.0. The molecule has 1 saturated carbocycles. The Kier molecular flexibility index (Phi) is 5.74. The second-order valence-corrected chi connectivity index (χ2v) is 7.89. The second-order valence-electron chi connectivity index (χ2n) is 7.89. The highest BCUT2D eigenvalue weighted by Crippen LogP contribution is 2.27.